The number of nitrogens with zero attached hydrogens (tertiary/aromatic N) is 3. The maximum atomic E-state index is 6.10. The molecule has 0 amide bonds. The minimum absolute atomic E-state index is 0.404. The second kappa shape index (κ2) is 9.94. The molecule has 4 rings (SSSR count). The lowest BCUT2D eigenvalue weighted by atomic mass is 10.1. The fourth-order valence-electron chi connectivity index (χ4n) is 2.92. The summed E-state index contributed by atoms with van der Waals surface area (Å²) in [5, 5.41) is 10.0. The predicted octanol–water partition coefficient (Wildman–Crippen LogP) is 6.68. The molecule has 31 heavy (non-hydrogen) atoms. The third kappa shape index (κ3) is 5.84. The molecule has 1 aromatic heterocycles. The zero-order valence-corrected chi connectivity index (χ0v) is 19.0. The van der Waals surface area contributed by atoms with Gasteiger partial charge in [0.25, 0.3) is 0 Å². The summed E-state index contributed by atoms with van der Waals surface area (Å²) in [6.07, 6.45) is 0. The number of hydrogen-bond acceptors (Lipinski definition) is 5. The standard InChI is InChI=1S/C25H22ClN3OS/c1-17-3-7-19(8-4-17)15-30-24-23(21-11-13-22(26)14-12-21)28-29-25(27-24)31-16-20-9-5-18(2)6-10-20/h3-14H,15-16H2,1-2H3. The van der Waals surface area contributed by atoms with E-state index in [1.807, 2.05) is 24.3 Å². The molecule has 156 valence electrons. The number of aromatic nitrogens is 3. The van der Waals surface area contributed by atoms with Crippen LogP contribution in [-0.4, -0.2) is 15.2 Å². The molecule has 0 N–H and O–H groups in total. The second-order valence-electron chi connectivity index (χ2n) is 7.30. The van der Waals surface area contributed by atoms with E-state index in [1.165, 1.54) is 28.5 Å². The molecule has 0 aliphatic heterocycles. The first-order valence-corrected chi connectivity index (χ1v) is 11.3. The molecular weight excluding hydrogens is 426 g/mol. The van der Waals surface area contributed by atoms with E-state index in [2.05, 4.69) is 77.6 Å². The van der Waals surface area contributed by atoms with Crippen LogP contribution in [0.25, 0.3) is 11.3 Å². The van der Waals surface area contributed by atoms with Crippen molar-refractivity contribution < 1.29 is 4.74 Å². The van der Waals surface area contributed by atoms with Crippen molar-refractivity contribution in [1.29, 1.82) is 0 Å². The van der Waals surface area contributed by atoms with Gasteiger partial charge in [-0.2, -0.15) is 4.98 Å². The Bertz CT molecular complexity index is 1150. The van der Waals surface area contributed by atoms with Gasteiger partial charge < -0.3 is 4.74 Å². The van der Waals surface area contributed by atoms with Crippen LogP contribution in [0.1, 0.15) is 22.3 Å². The van der Waals surface area contributed by atoms with E-state index in [1.54, 1.807) is 0 Å². The number of thioether (sulfide) groups is 1. The highest BCUT2D eigenvalue weighted by Gasteiger charge is 2.14. The number of ether oxygens (including phenoxy) is 1. The van der Waals surface area contributed by atoms with Crippen molar-refractivity contribution in [3.05, 3.63) is 100 Å². The highest BCUT2D eigenvalue weighted by atomic mass is 35.5. The normalized spacial score (nSPS) is 10.8. The number of hydrogen-bond donors (Lipinski definition) is 0. The summed E-state index contributed by atoms with van der Waals surface area (Å²) in [7, 11) is 0. The van der Waals surface area contributed by atoms with Gasteiger partial charge in [0.05, 0.1) is 0 Å². The number of rotatable bonds is 7. The monoisotopic (exact) mass is 447 g/mol. The Morgan fingerprint density at radius 3 is 2.03 bits per heavy atom. The molecule has 0 saturated heterocycles. The number of halogens is 1. The van der Waals surface area contributed by atoms with Gasteiger partial charge in [-0.25, -0.2) is 0 Å². The minimum atomic E-state index is 0.404. The minimum Gasteiger partial charge on any atom is -0.471 e. The Morgan fingerprint density at radius 1 is 0.774 bits per heavy atom. The van der Waals surface area contributed by atoms with E-state index in [9.17, 15) is 0 Å². The molecule has 3 aromatic carbocycles. The summed E-state index contributed by atoms with van der Waals surface area (Å²) in [6, 6.07) is 24.1. The second-order valence-corrected chi connectivity index (χ2v) is 8.68. The maximum Gasteiger partial charge on any atom is 0.245 e. The smallest absolute Gasteiger partial charge is 0.245 e. The summed E-state index contributed by atoms with van der Waals surface area (Å²) in [5.41, 5.74) is 6.19. The van der Waals surface area contributed by atoms with Gasteiger partial charge in [0.15, 0.2) is 5.69 Å². The van der Waals surface area contributed by atoms with Crippen molar-refractivity contribution in [3.8, 4) is 17.1 Å². The predicted molar refractivity (Wildman–Crippen MR) is 127 cm³/mol. The molecular formula is C25H22ClN3OS. The van der Waals surface area contributed by atoms with Crippen LogP contribution in [0.4, 0.5) is 0 Å². The Hall–Kier alpha value is -2.89. The Kier molecular flexibility index (Phi) is 6.85. The van der Waals surface area contributed by atoms with Crippen molar-refractivity contribution in [3.63, 3.8) is 0 Å². The topological polar surface area (TPSA) is 47.9 Å². The largest absolute Gasteiger partial charge is 0.471 e. The average molecular weight is 448 g/mol. The van der Waals surface area contributed by atoms with Crippen molar-refractivity contribution in [1.82, 2.24) is 15.2 Å². The lowest BCUT2D eigenvalue weighted by molar-refractivity contribution is 0.290. The van der Waals surface area contributed by atoms with Gasteiger partial charge in [0.1, 0.15) is 6.61 Å². The zero-order chi connectivity index (χ0) is 21.6. The Labute approximate surface area is 191 Å². The summed E-state index contributed by atoms with van der Waals surface area (Å²) in [6.45, 7) is 4.55. The molecule has 4 nitrogen and oxygen atoms in total. The highest BCUT2D eigenvalue weighted by molar-refractivity contribution is 7.98. The number of aryl methyl sites for hydroxylation is 2. The van der Waals surface area contributed by atoms with Crippen molar-refractivity contribution in [2.75, 3.05) is 0 Å². The fourth-order valence-corrected chi connectivity index (χ4v) is 3.78. The summed E-state index contributed by atoms with van der Waals surface area (Å²) >= 11 is 7.58. The van der Waals surface area contributed by atoms with Crippen molar-refractivity contribution in [2.45, 2.75) is 31.4 Å². The summed E-state index contributed by atoms with van der Waals surface area (Å²) < 4.78 is 6.10. The van der Waals surface area contributed by atoms with Gasteiger partial charge >= 0.3 is 0 Å². The van der Waals surface area contributed by atoms with E-state index < -0.39 is 0 Å². The van der Waals surface area contributed by atoms with Gasteiger partial charge in [-0.15, -0.1) is 10.2 Å². The molecule has 0 unspecified atom stereocenters. The molecule has 0 fully saturated rings. The van der Waals surface area contributed by atoms with E-state index in [0.29, 0.717) is 28.4 Å². The van der Waals surface area contributed by atoms with Gasteiger partial charge in [0, 0.05) is 16.3 Å². The molecule has 0 aliphatic rings. The lowest BCUT2D eigenvalue weighted by Crippen LogP contribution is -2.04. The van der Waals surface area contributed by atoms with Crippen LogP contribution < -0.4 is 4.74 Å². The van der Waals surface area contributed by atoms with E-state index >= 15 is 0 Å². The summed E-state index contributed by atoms with van der Waals surface area (Å²) in [5.74, 6) is 1.23. The molecule has 0 aliphatic carbocycles. The quantitative estimate of drug-likeness (QED) is 0.296. The van der Waals surface area contributed by atoms with Gasteiger partial charge in [-0.1, -0.05) is 95.2 Å². The molecule has 4 aromatic rings. The van der Waals surface area contributed by atoms with E-state index in [4.69, 9.17) is 16.3 Å². The van der Waals surface area contributed by atoms with Crippen LogP contribution in [-0.2, 0) is 12.4 Å². The zero-order valence-electron chi connectivity index (χ0n) is 17.4. The van der Waals surface area contributed by atoms with Crippen molar-refractivity contribution >= 4 is 23.4 Å². The van der Waals surface area contributed by atoms with Crippen LogP contribution in [0, 0.1) is 13.8 Å². The van der Waals surface area contributed by atoms with Crippen LogP contribution in [0.2, 0.25) is 5.02 Å². The molecule has 0 bridgehead atoms. The SMILES string of the molecule is Cc1ccc(COc2nc(SCc3ccc(C)cc3)nnc2-c2ccc(Cl)cc2)cc1. The third-order valence-electron chi connectivity index (χ3n) is 4.74. The first-order valence-electron chi connectivity index (χ1n) is 9.94. The molecule has 1 heterocycles. The van der Waals surface area contributed by atoms with Crippen LogP contribution in [0.15, 0.2) is 78.0 Å². The third-order valence-corrected chi connectivity index (χ3v) is 5.90. The molecule has 0 saturated carbocycles. The van der Waals surface area contributed by atoms with Crippen LogP contribution >= 0.6 is 23.4 Å². The van der Waals surface area contributed by atoms with Crippen LogP contribution in [0.3, 0.4) is 0 Å². The van der Waals surface area contributed by atoms with Gasteiger partial charge in [0.2, 0.25) is 11.0 Å². The van der Waals surface area contributed by atoms with Crippen molar-refractivity contribution in [2.24, 2.45) is 0 Å². The average Bonchev–Trinajstić information content (AvgIpc) is 2.79. The molecule has 0 radical (unpaired) electrons. The van der Waals surface area contributed by atoms with E-state index in [-0.39, 0.29) is 0 Å². The fraction of sp³-hybridized carbons (Fsp3) is 0.160. The highest BCUT2D eigenvalue weighted by Crippen LogP contribution is 2.30. The van der Waals surface area contributed by atoms with Gasteiger partial charge in [-0.05, 0) is 37.1 Å². The number of benzene rings is 3. The Balaban J connectivity index is 1.57. The summed E-state index contributed by atoms with van der Waals surface area (Å²) in [4.78, 5) is 4.67. The molecule has 0 spiro atoms. The first-order chi connectivity index (χ1) is 15.1. The first kappa shape index (κ1) is 21.3. The van der Waals surface area contributed by atoms with Gasteiger partial charge in [-0.3, -0.25) is 0 Å². The van der Waals surface area contributed by atoms with Crippen LogP contribution in [0.5, 0.6) is 5.88 Å². The molecule has 0 atom stereocenters. The maximum absolute atomic E-state index is 6.10. The lowest BCUT2D eigenvalue weighted by Gasteiger charge is -2.11. The van der Waals surface area contributed by atoms with E-state index in [0.717, 1.165) is 16.9 Å². The Morgan fingerprint density at radius 2 is 1.39 bits per heavy atom. The molecule has 6 heteroatoms.